The Morgan fingerprint density at radius 2 is 1.95 bits per heavy atom. The first-order valence-corrected chi connectivity index (χ1v) is 8.05. The lowest BCUT2D eigenvalue weighted by Gasteiger charge is -2.23. The van der Waals surface area contributed by atoms with Gasteiger partial charge in [0.05, 0.1) is 6.10 Å². The minimum atomic E-state index is 0.203. The van der Waals surface area contributed by atoms with Gasteiger partial charge in [0.2, 0.25) is 0 Å². The highest BCUT2D eigenvalue weighted by molar-refractivity contribution is 5.30. The first-order valence-electron chi connectivity index (χ1n) is 8.05. The molecule has 1 aromatic carbocycles. The summed E-state index contributed by atoms with van der Waals surface area (Å²) in [7, 11) is 1.77. The Bertz CT molecular complexity index is 393. The van der Waals surface area contributed by atoms with Gasteiger partial charge in [-0.05, 0) is 56.8 Å². The topological polar surface area (TPSA) is 30.5 Å². The number of nitrogens with one attached hydrogen (secondary N) is 1. The minimum Gasteiger partial charge on any atom is -0.491 e. The van der Waals surface area contributed by atoms with Crippen LogP contribution in [0.5, 0.6) is 5.75 Å². The molecule has 2 atom stereocenters. The summed E-state index contributed by atoms with van der Waals surface area (Å²) in [5.74, 6) is 1.48. The fourth-order valence-corrected chi connectivity index (χ4v) is 2.49. The molecule has 0 aliphatic heterocycles. The number of hydrogen-bond donors (Lipinski definition) is 1. The zero-order valence-corrected chi connectivity index (χ0v) is 14.2. The lowest BCUT2D eigenvalue weighted by Crippen LogP contribution is -2.25. The summed E-state index contributed by atoms with van der Waals surface area (Å²) in [5.41, 5.74) is 1.30. The highest BCUT2D eigenvalue weighted by Gasteiger charge is 2.15. The van der Waals surface area contributed by atoms with Gasteiger partial charge in [0, 0.05) is 19.8 Å². The van der Waals surface area contributed by atoms with Crippen LogP contribution >= 0.6 is 0 Å². The normalized spacial score (nSPS) is 14.2. The Hall–Kier alpha value is -1.06. The fraction of sp³-hybridized carbons (Fsp3) is 0.667. The molecule has 21 heavy (non-hydrogen) atoms. The van der Waals surface area contributed by atoms with Gasteiger partial charge in [-0.15, -0.1) is 0 Å². The van der Waals surface area contributed by atoms with E-state index in [0.717, 1.165) is 31.7 Å². The average molecular weight is 293 g/mol. The minimum absolute atomic E-state index is 0.203. The molecule has 0 saturated carbocycles. The van der Waals surface area contributed by atoms with Crippen LogP contribution in [-0.4, -0.2) is 26.4 Å². The van der Waals surface area contributed by atoms with E-state index in [2.05, 4.69) is 51.2 Å². The monoisotopic (exact) mass is 293 g/mol. The molecule has 1 aromatic rings. The van der Waals surface area contributed by atoms with Crippen LogP contribution in [0.25, 0.3) is 0 Å². The Kier molecular flexibility index (Phi) is 8.40. The number of benzene rings is 1. The van der Waals surface area contributed by atoms with E-state index >= 15 is 0 Å². The second kappa shape index (κ2) is 9.80. The van der Waals surface area contributed by atoms with Crippen LogP contribution in [0.3, 0.4) is 0 Å². The van der Waals surface area contributed by atoms with E-state index in [9.17, 15) is 0 Å². The highest BCUT2D eigenvalue weighted by atomic mass is 16.5. The third kappa shape index (κ3) is 6.96. The van der Waals surface area contributed by atoms with E-state index < -0.39 is 0 Å². The lowest BCUT2D eigenvalue weighted by molar-refractivity contribution is 0.149. The molecule has 0 aliphatic rings. The molecule has 2 unspecified atom stereocenters. The fourth-order valence-electron chi connectivity index (χ4n) is 2.49. The number of hydrogen-bond acceptors (Lipinski definition) is 3. The maximum Gasteiger partial charge on any atom is 0.120 e. The van der Waals surface area contributed by atoms with E-state index in [4.69, 9.17) is 9.47 Å². The van der Waals surface area contributed by atoms with Crippen LogP contribution in [0, 0.1) is 5.92 Å². The summed E-state index contributed by atoms with van der Waals surface area (Å²) < 4.78 is 11.1. The summed E-state index contributed by atoms with van der Waals surface area (Å²) in [6, 6.07) is 8.80. The number of methoxy groups -OCH3 is 1. The van der Waals surface area contributed by atoms with Crippen LogP contribution in [0.2, 0.25) is 0 Å². The highest BCUT2D eigenvalue weighted by Crippen LogP contribution is 2.25. The van der Waals surface area contributed by atoms with Crippen molar-refractivity contribution in [1.29, 1.82) is 0 Å². The lowest BCUT2D eigenvalue weighted by atomic mass is 9.96. The van der Waals surface area contributed by atoms with Gasteiger partial charge in [0.25, 0.3) is 0 Å². The molecule has 0 spiro atoms. The van der Waals surface area contributed by atoms with Gasteiger partial charge in [-0.25, -0.2) is 0 Å². The first kappa shape index (κ1) is 18.0. The summed E-state index contributed by atoms with van der Waals surface area (Å²) >= 11 is 0. The summed E-state index contributed by atoms with van der Waals surface area (Å²) in [6.45, 7) is 10.4. The van der Waals surface area contributed by atoms with Crippen molar-refractivity contribution >= 4 is 0 Å². The number of rotatable bonds is 10. The van der Waals surface area contributed by atoms with E-state index in [1.807, 2.05) is 6.07 Å². The Balaban J connectivity index is 2.80. The Morgan fingerprint density at radius 1 is 1.19 bits per heavy atom. The average Bonchev–Trinajstić information content (AvgIpc) is 2.43. The molecule has 0 aromatic heterocycles. The van der Waals surface area contributed by atoms with Crippen molar-refractivity contribution < 1.29 is 9.47 Å². The zero-order chi connectivity index (χ0) is 15.7. The van der Waals surface area contributed by atoms with Crippen LogP contribution in [0.15, 0.2) is 24.3 Å². The van der Waals surface area contributed by atoms with Crippen LogP contribution in [0.1, 0.15) is 52.1 Å². The second-order valence-corrected chi connectivity index (χ2v) is 6.04. The van der Waals surface area contributed by atoms with Crippen molar-refractivity contribution in [1.82, 2.24) is 5.32 Å². The van der Waals surface area contributed by atoms with Crippen molar-refractivity contribution in [2.45, 2.75) is 52.7 Å². The van der Waals surface area contributed by atoms with Gasteiger partial charge >= 0.3 is 0 Å². The molecular formula is C18H31NO2. The van der Waals surface area contributed by atoms with E-state index in [-0.39, 0.29) is 6.10 Å². The molecule has 3 nitrogen and oxygen atoms in total. The Morgan fingerprint density at radius 3 is 2.57 bits per heavy atom. The van der Waals surface area contributed by atoms with Crippen LogP contribution in [-0.2, 0) is 4.74 Å². The van der Waals surface area contributed by atoms with Crippen molar-refractivity contribution in [2.24, 2.45) is 5.92 Å². The molecular weight excluding hydrogens is 262 g/mol. The summed E-state index contributed by atoms with van der Waals surface area (Å²) in [5, 5.41) is 3.64. The molecule has 0 fully saturated rings. The van der Waals surface area contributed by atoms with Crippen molar-refractivity contribution in [3.05, 3.63) is 29.8 Å². The van der Waals surface area contributed by atoms with E-state index in [0.29, 0.717) is 12.0 Å². The zero-order valence-electron chi connectivity index (χ0n) is 14.2. The van der Waals surface area contributed by atoms with Gasteiger partial charge in [-0.3, -0.25) is 0 Å². The SMILES string of the molecule is CCCNC(CC(C)COC)c1cccc(OC(C)C)c1. The first-order chi connectivity index (χ1) is 10.1. The maximum atomic E-state index is 5.81. The van der Waals surface area contributed by atoms with Crippen LogP contribution in [0.4, 0.5) is 0 Å². The third-order valence-corrected chi connectivity index (χ3v) is 3.36. The van der Waals surface area contributed by atoms with Crippen molar-refractivity contribution in [3.8, 4) is 5.75 Å². The maximum absolute atomic E-state index is 5.81. The molecule has 0 saturated heterocycles. The molecule has 3 heteroatoms. The third-order valence-electron chi connectivity index (χ3n) is 3.36. The number of ether oxygens (including phenoxy) is 2. The molecule has 1 N–H and O–H groups in total. The molecule has 0 aliphatic carbocycles. The van der Waals surface area contributed by atoms with Gasteiger partial charge < -0.3 is 14.8 Å². The molecule has 0 heterocycles. The van der Waals surface area contributed by atoms with Crippen molar-refractivity contribution in [2.75, 3.05) is 20.3 Å². The van der Waals surface area contributed by atoms with Gasteiger partial charge in [-0.1, -0.05) is 26.0 Å². The largest absolute Gasteiger partial charge is 0.491 e. The quantitative estimate of drug-likeness (QED) is 0.702. The van der Waals surface area contributed by atoms with E-state index in [1.165, 1.54) is 5.56 Å². The van der Waals surface area contributed by atoms with Crippen LogP contribution < -0.4 is 10.1 Å². The standard InChI is InChI=1S/C18H31NO2/c1-6-10-19-18(11-15(4)13-20-5)16-8-7-9-17(12-16)21-14(2)3/h7-9,12,14-15,18-19H,6,10-11,13H2,1-5H3. The predicted molar refractivity (Wildman–Crippen MR) is 88.9 cm³/mol. The van der Waals surface area contributed by atoms with Gasteiger partial charge in [0.15, 0.2) is 0 Å². The molecule has 120 valence electrons. The van der Waals surface area contributed by atoms with E-state index in [1.54, 1.807) is 7.11 Å². The summed E-state index contributed by atoms with van der Waals surface area (Å²) in [4.78, 5) is 0. The second-order valence-electron chi connectivity index (χ2n) is 6.04. The Labute approximate surface area is 130 Å². The van der Waals surface area contributed by atoms with Gasteiger partial charge in [0.1, 0.15) is 5.75 Å². The van der Waals surface area contributed by atoms with Gasteiger partial charge in [-0.2, -0.15) is 0 Å². The molecule has 0 amide bonds. The molecule has 0 bridgehead atoms. The predicted octanol–water partition coefficient (Wildman–Crippen LogP) is 4.19. The van der Waals surface area contributed by atoms with Crippen molar-refractivity contribution in [3.63, 3.8) is 0 Å². The molecule has 1 rings (SSSR count). The molecule has 0 radical (unpaired) electrons. The summed E-state index contributed by atoms with van der Waals surface area (Å²) in [6.07, 6.45) is 2.41. The smallest absolute Gasteiger partial charge is 0.120 e.